The predicted molar refractivity (Wildman–Crippen MR) is 61.6 cm³/mol. The van der Waals surface area contributed by atoms with Gasteiger partial charge in [-0.05, 0) is 27.8 Å². The van der Waals surface area contributed by atoms with Crippen LogP contribution in [0.3, 0.4) is 0 Å². The molecule has 0 aliphatic carbocycles. The van der Waals surface area contributed by atoms with Gasteiger partial charge < -0.3 is 5.32 Å². The van der Waals surface area contributed by atoms with Gasteiger partial charge in [0.05, 0.1) is 5.66 Å². The molecular formula is C10H21FN2S. The van der Waals surface area contributed by atoms with Crippen molar-refractivity contribution in [2.75, 3.05) is 12.8 Å². The molecule has 1 aliphatic heterocycles. The Hall–Kier alpha value is 0.200. The number of thiol groups is 1. The number of halogens is 1. The molecule has 0 radical (unpaired) electrons. The van der Waals surface area contributed by atoms with E-state index < -0.39 is 6.17 Å². The van der Waals surface area contributed by atoms with Crippen LogP contribution in [0.2, 0.25) is 0 Å². The standard InChI is InChI=1S/C10H21FN2S/c1-7(2)13-8(3)9(11)5-10(13,6-14)12-4/h7-9,12,14H,5-6H2,1-4H3/t8-,9+,10-/m0/s1. The second-order valence-electron chi connectivity index (χ2n) is 4.40. The summed E-state index contributed by atoms with van der Waals surface area (Å²) in [5.41, 5.74) is -0.268. The van der Waals surface area contributed by atoms with Gasteiger partial charge in [-0.2, -0.15) is 12.6 Å². The van der Waals surface area contributed by atoms with E-state index >= 15 is 0 Å². The smallest absolute Gasteiger partial charge is 0.118 e. The quantitative estimate of drug-likeness (QED) is 0.704. The monoisotopic (exact) mass is 220 g/mol. The van der Waals surface area contributed by atoms with E-state index in [2.05, 4.69) is 36.7 Å². The molecule has 0 spiro atoms. The van der Waals surface area contributed by atoms with Gasteiger partial charge in [-0.1, -0.05) is 0 Å². The van der Waals surface area contributed by atoms with Crippen molar-refractivity contribution in [1.29, 1.82) is 0 Å². The van der Waals surface area contributed by atoms with Crippen LogP contribution in [0.1, 0.15) is 27.2 Å². The predicted octanol–water partition coefficient (Wildman–Crippen LogP) is 1.67. The molecule has 1 heterocycles. The zero-order chi connectivity index (χ0) is 10.9. The summed E-state index contributed by atoms with van der Waals surface area (Å²) in [6, 6.07) is 0.319. The summed E-state index contributed by atoms with van der Waals surface area (Å²) in [6.45, 7) is 6.15. The van der Waals surface area contributed by atoms with Gasteiger partial charge in [-0.15, -0.1) is 0 Å². The maximum atomic E-state index is 13.7. The van der Waals surface area contributed by atoms with Crippen LogP contribution in [0.15, 0.2) is 0 Å². The number of hydrogen-bond donors (Lipinski definition) is 2. The van der Waals surface area contributed by atoms with Crippen molar-refractivity contribution in [2.45, 2.75) is 51.1 Å². The van der Waals surface area contributed by atoms with E-state index in [0.29, 0.717) is 18.2 Å². The average Bonchev–Trinajstić information content (AvgIpc) is 2.40. The Kier molecular flexibility index (Phi) is 3.83. The normalized spacial score (nSPS) is 39.6. The molecular weight excluding hydrogens is 199 g/mol. The second-order valence-corrected chi connectivity index (χ2v) is 4.72. The first-order valence-corrected chi connectivity index (χ1v) is 5.84. The van der Waals surface area contributed by atoms with Gasteiger partial charge >= 0.3 is 0 Å². The maximum absolute atomic E-state index is 13.7. The van der Waals surface area contributed by atoms with Crippen LogP contribution in [0.25, 0.3) is 0 Å². The Balaban J connectivity index is 2.94. The summed E-state index contributed by atoms with van der Waals surface area (Å²) in [5.74, 6) is 0.645. The maximum Gasteiger partial charge on any atom is 0.118 e. The van der Waals surface area contributed by atoms with Crippen molar-refractivity contribution < 1.29 is 4.39 Å². The van der Waals surface area contributed by atoms with Crippen LogP contribution < -0.4 is 5.32 Å². The molecule has 0 aromatic heterocycles. The zero-order valence-electron chi connectivity index (χ0n) is 9.42. The van der Waals surface area contributed by atoms with Crippen molar-refractivity contribution in [1.82, 2.24) is 10.2 Å². The minimum atomic E-state index is -0.753. The fraction of sp³-hybridized carbons (Fsp3) is 1.00. The van der Waals surface area contributed by atoms with E-state index in [1.165, 1.54) is 0 Å². The highest BCUT2D eigenvalue weighted by Crippen LogP contribution is 2.36. The van der Waals surface area contributed by atoms with E-state index in [1.807, 2.05) is 14.0 Å². The first kappa shape index (κ1) is 12.3. The van der Waals surface area contributed by atoms with Crippen LogP contribution in [-0.4, -0.2) is 41.6 Å². The van der Waals surface area contributed by atoms with Crippen molar-refractivity contribution in [2.24, 2.45) is 0 Å². The molecule has 84 valence electrons. The summed E-state index contributed by atoms with van der Waals surface area (Å²) in [5, 5.41) is 3.23. The minimum Gasteiger partial charge on any atom is -0.301 e. The highest BCUT2D eigenvalue weighted by molar-refractivity contribution is 7.80. The van der Waals surface area contributed by atoms with Crippen LogP contribution in [0.5, 0.6) is 0 Å². The molecule has 1 saturated heterocycles. The largest absolute Gasteiger partial charge is 0.301 e. The molecule has 0 unspecified atom stereocenters. The highest BCUT2D eigenvalue weighted by Gasteiger charge is 2.49. The van der Waals surface area contributed by atoms with Crippen LogP contribution in [0, 0.1) is 0 Å². The Morgan fingerprint density at radius 2 is 2.21 bits per heavy atom. The lowest BCUT2D eigenvalue weighted by Gasteiger charge is -2.41. The zero-order valence-corrected chi connectivity index (χ0v) is 10.3. The lowest BCUT2D eigenvalue weighted by Crippen LogP contribution is -2.59. The molecule has 0 saturated carbocycles. The molecule has 1 fully saturated rings. The van der Waals surface area contributed by atoms with Gasteiger partial charge in [-0.25, -0.2) is 4.39 Å². The molecule has 2 nitrogen and oxygen atoms in total. The minimum absolute atomic E-state index is 0.0189. The molecule has 0 amide bonds. The van der Waals surface area contributed by atoms with Crippen LogP contribution in [-0.2, 0) is 0 Å². The van der Waals surface area contributed by atoms with Gasteiger partial charge in [0, 0.05) is 24.3 Å². The van der Waals surface area contributed by atoms with Gasteiger partial charge in [0.1, 0.15) is 6.17 Å². The van der Waals surface area contributed by atoms with Crippen molar-refractivity contribution in [3.8, 4) is 0 Å². The van der Waals surface area contributed by atoms with Crippen LogP contribution >= 0.6 is 12.6 Å². The fourth-order valence-electron chi connectivity index (χ4n) is 2.58. The van der Waals surface area contributed by atoms with E-state index in [0.717, 1.165) is 0 Å². The molecule has 1 rings (SSSR count). The Labute approximate surface area is 91.6 Å². The van der Waals surface area contributed by atoms with Crippen molar-refractivity contribution in [3.63, 3.8) is 0 Å². The van der Waals surface area contributed by atoms with Gasteiger partial charge in [0.25, 0.3) is 0 Å². The van der Waals surface area contributed by atoms with Gasteiger partial charge in [0.2, 0.25) is 0 Å². The number of hydrogen-bond acceptors (Lipinski definition) is 3. The molecule has 3 atom stereocenters. The molecule has 0 bridgehead atoms. The Bertz CT molecular complexity index is 195. The van der Waals surface area contributed by atoms with E-state index in [4.69, 9.17) is 0 Å². The lowest BCUT2D eigenvalue weighted by molar-refractivity contribution is 0.0630. The van der Waals surface area contributed by atoms with Gasteiger partial charge in [-0.3, -0.25) is 4.90 Å². The van der Waals surface area contributed by atoms with Crippen molar-refractivity contribution >= 4 is 12.6 Å². The number of rotatable bonds is 3. The Morgan fingerprint density at radius 3 is 2.50 bits per heavy atom. The highest BCUT2D eigenvalue weighted by atomic mass is 32.1. The summed E-state index contributed by atoms with van der Waals surface area (Å²) in [4.78, 5) is 2.20. The first-order chi connectivity index (χ1) is 6.48. The molecule has 0 aromatic carbocycles. The van der Waals surface area contributed by atoms with Gasteiger partial charge in [0.15, 0.2) is 0 Å². The average molecular weight is 220 g/mol. The SMILES string of the molecule is CN[C@@]1(CS)C[C@@H](F)[C@H](C)N1C(C)C. The summed E-state index contributed by atoms with van der Waals surface area (Å²) < 4.78 is 13.7. The number of likely N-dealkylation sites (tertiary alicyclic amines) is 1. The number of alkyl halides is 1. The molecule has 1 aliphatic rings. The summed E-state index contributed by atoms with van der Waals surface area (Å²) >= 11 is 4.35. The summed E-state index contributed by atoms with van der Waals surface area (Å²) in [6.07, 6.45) is -0.219. The third kappa shape index (κ3) is 1.79. The third-order valence-corrected chi connectivity index (χ3v) is 3.80. The fourth-order valence-corrected chi connectivity index (χ4v) is 3.03. The number of nitrogens with zero attached hydrogens (tertiary/aromatic N) is 1. The first-order valence-electron chi connectivity index (χ1n) is 5.21. The lowest BCUT2D eigenvalue weighted by atomic mass is 10.1. The van der Waals surface area contributed by atoms with E-state index in [9.17, 15) is 4.39 Å². The molecule has 4 heteroatoms. The summed E-state index contributed by atoms with van der Waals surface area (Å²) in [7, 11) is 1.89. The third-order valence-electron chi connectivity index (χ3n) is 3.27. The number of nitrogens with one attached hydrogen (secondary N) is 1. The Morgan fingerprint density at radius 1 is 1.64 bits per heavy atom. The second kappa shape index (κ2) is 4.37. The molecule has 1 N–H and O–H groups in total. The molecule has 14 heavy (non-hydrogen) atoms. The van der Waals surface area contributed by atoms with Crippen molar-refractivity contribution in [3.05, 3.63) is 0 Å². The molecule has 0 aromatic rings. The topological polar surface area (TPSA) is 15.3 Å². The van der Waals surface area contributed by atoms with E-state index in [1.54, 1.807) is 0 Å². The van der Waals surface area contributed by atoms with Crippen LogP contribution in [0.4, 0.5) is 4.39 Å². The van der Waals surface area contributed by atoms with E-state index in [-0.39, 0.29) is 11.7 Å².